The van der Waals surface area contributed by atoms with Crippen molar-refractivity contribution in [3.63, 3.8) is 0 Å². The Labute approximate surface area is 570 Å². The predicted molar refractivity (Wildman–Crippen MR) is 350 cm³/mol. The van der Waals surface area contributed by atoms with Crippen LogP contribution in [0.4, 0.5) is 0 Å². The lowest BCUT2D eigenvalue weighted by atomic mass is 9.70. The Balaban J connectivity index is 0.000000851. The summed E-state index contributed by atoms with van der Waals surface area (Å²) in [6, 6.07) is 0. The number of nitrogens with two attached hydrogens (primary N) is 4. The normalized spacial score (nSPS) is 25.9. The molecular formula is C68H112N8O21. The van der Waals surface area contributed by atoms with Crippen molar-refractivity contribution < 1.29 is 101 Å². The summed E-state index contributed by atoms with van der Waals surface area (Å²) in [4.78, 5) is 181. The number of nitrogens with zero attached hydrogens (tertiary/aromatic N) is 2. The van der Waals surface area contributed by atoms with E-state index in [0.29, 0.717) is 71.1 Å². The minimum atomic E-state index is -1.64. The van der Waals surface area contributed by atoms with Gasteiger partial charge in [-0.15, -0.1) is 0 Å². The Bertz CT molecular complexity index is 2700. The van der Waals surface area contributed by atoms with E-state index in [1.54, 1.807) is 27.7 Å². The second kappa shape index (κ2) is 41.7. The molecule has 5 saturated heterocycles. The number of unbranched alkanes of at least 4 members (excludes halogenated alkanes) is 1. The van der Waals surface area contributed by atoms with Gasteiger partial charge in [-0.2, -0.15) is 0 Å². The van der Waals surface area contributed by atoms with Crippen LogP contribution in [0.25, 0.3) is 0 Å². The lowest BCUT2D eigenvalue weighted by Gasteiger charge is -2.32. The number of carboxylic acid groups (broad SMARTS) is 2. The number of carbonyl (C=O) groups is 14. The molecule has 29 nitrogen and oxygen atoms in total. The van der Waals surface area contributed by atoms with Gasteiger partial charge in [0.15, 0.2) is 0 Å². The number of esters is 10. The summed E-state index contributed by atoms with van der Waals surface area (Å²) in [5, 5.41) is 26.7. The van der Waals surface area contributed by atoms with E-state index in [9.17, 15) is 77.3 Å². The molecule has 0 bridgehead atoms. The lowest BCUT2D eigenvalue weighted by molar-refractivity contribution is -0.159. The van der Waals surface area contributed by atoms with Crippen LogP contribution in [0.1, 0.15) is 153 Å². The van der Waals surface area contributed by atoms with Crippen LogP contribution < -0.4 is 33.6 Å². The van der Waals surface area contributed by atoms with Gasteiger partial charge in [-0.3, -0.25) is 76.9 Å². The van der Waals surface area contributed by atoms with Crippen LogP contribution in [-0.2, 0) is 90.8 Å². The van der Waals surface area contributed by atoms with Crippen LogP contribution in [0, 0.1) is 112 Å². The summed E-state index contributed by atoms with van der Waals surface area (Å²) in [6.45, 7) is 24.8. The number of ether oxygens (including phenoxy) is 5. The lowest BCUT2D eigenvalue weighted by Crippen LogP contribution is -2.48. The van der Waals surface area contributed by atoms with E-state index < -0.39 is 154 Å². The van der Waals surface area contributed by atoms with Crippen LogP contribution in [-0.4, -0.2) is 182 Å². The quantitative estimate of drug-likeness (QED) is 0.0248. The van der Waals surface area contributed by atoms with Gasteiger partial charge in [0.2, 0.25) is 11.8 Å². The first-order valence-electron chi connectivity index (χ1n) is 34.9. The molecule has 97 heavy (non-hydrogen) atoms. The molecule has 0 aromatic heterocycles. The molecule has 2 amide bonds. The van der Waals surface area contributed by atoms with E-state index >= 15 is 0 Å². The van der Waals surface area contributed by atoms with E-state index in [-0.39, 0.29) is 87.1 Å². The molecule has 0 aromatic rings. The number of aliphatic carboxylic acids is 2. The van der Waals surface area contributed by atoms with Crippen molar-refractivity contribution in [2.45, 2.75) is 153 Å². The molecule has 0 saturated carbocycles. The fourth-order valence-electron chi connectivity index (χ4n) is 14.7. The highest BCUT2D eigenvalue weighted by molar-refractivity contribution is 6.01. The van der Waals surface area contributed by atoms with Gasteiger partial charge < -0.3 is 67.5 Å². The monoisotopic (exact) mass is 1380 g/mol. The standard InChI is InChI=1S/C51H76N4O18.C11H18O3.C6H18N4/c1-9-30(15-11-13-24(3)34-26(5)44(62)70-48(34)66)32(23-33(42(58)59)37-28(7)46(64)72-50(37)68)40(56)53-18-21-55(20-17-52)22-19-54-41(57)35(39(43(60)61)38-29(8)47(65)73-51(38)69)25(4)14-12-16-31(10-2)36-27(6)45(63)71-49(36)67;1-4-5-6-7(2)9-8(3)10(12)14-11(9)13;7-1-4-10(5-2-8)6-3-9/h24-39H,9-23,52H2,1-8H3,(H,53,56)(H,54,57)(H,58,59)(H,60,61);7-9H,4-6H2,1-3H3;1-9H2. The third-order valence-corrected chi connectivity index (χ3v) is 20.6. The predicted octanol–water partition coefficient (Wildman–Crippen LogP) is 2.82. The van der Waals surface area contributed by atoms with Crippen molar-refractivity contribution in [3.8, 4) is 0 Å². The molecule has 0 aromatic carbocycles. The molecule has 5 heterocycles. The highest BCUT2D eigenvalue weighted by atomic mass is 16.6. The van der Waals surface area contributed by atoms with Gasteiger partial charge in [0.25, 0.3) is 0 Å². The number of carbonyl (C=O) groups excluding carboxylic acids is 12. The Hall–Kier alpha value is -6.66. The van der Waals surface area contributed by atoms with Crippen molar-refractivity contribution in [1.29, 1.82) is 0 Å². The third-order valence-electron chi connectivity index (χ3n) is 20.6. The average Bonchev–Trinajstić information content (AvgIpc) is 1.74. The minimum absolute atomic E-state index is 0.0291. The molecule has 0 spiro atoms. The van der Waals surface area contributed by atoms with Crippen molar-refractivity contribution in [3.05, 3.63) is 0 Å². The maximum absolute atomic E-state index is 14.3. The molecule has 29 heteroatoms. The average molecular weight is 1380 g/mol. The second-order valence-electron chi connectivity index (χ2n) is 27.1. The van der Waals surface area contributed by atoms with Crippen LogP contribution in [0.5, 0.6) is 0 Å². The number of rotatable bonds is 41. The fourth-order valence-corrected chi connectivity index (χ4v) is 14.7. The van der Waals surface area contributed by atoms with Gasteiger partial charge in [-0.1, -0.05) is 115 Å². The van der Waals surface area contributed by atoms with Gasteiger partial charge in [0.05, 0.1) is 76.9 Å². The number of nitrogens with one attached hydrogen (secondary N) is 2. The Morgan fingerprint density at radius 3 is 1.18 bits per heavy atom. The number of carboxylic acids is 2. The SMILES string of the molecule is CCC(CCCC(C)C1C(=O)OC(=O)C1C)C(CC(C(=O)O)C1C(=O)OC(=O)C1C)C(=O)NCCN(CCN)CCNC(=O)C(C(C)CCCC(CC)C1C(=O)OC(=O)C1C)C(C(=O)O)C1C(=O)OC(=O)C1C.CCCCC(C)C1C(=O)OC(=O)C1C.NCCN(CCN)CCN. The zero-order valence-corrected chi connectivity index (χ0v) is 58.8. The number of amides is 2. The highest BCUT2D eigenvalue weighted by Gasteiger charge is 2.55. The summed E-state index contributed by atoms with van der Waals surface area (Å²) in [7, 11) is 0. The van der Waals surface area contributed by atoms with Crippen molar-refractivity contribution >= 4 is 83.4 Å². The first kappa shape index (κ1) is 84.6. The number of cyclic esters (lactones) is 10. The summed E-state index contributed by atoms with van der Waals surface area (Å²) >= 11 is 0. The largest absolute Gasteiger partial charge is 0.481 e. The fraction of sp³-hybridized carbons (Fsp3) is 0.794. The van der Waals surface area contributed by atoms with Crippen LogP contribution in [0.2, 0.25) is 0 Å². The molecule has 550 valence electrons. The summed E-state index contributed by atoms with van der Waals surface area (Å²) in [5.74, 6) is -25.4. The second-order valence-corrected chi connectivity index (χ2v) is 27.1. The molecule has 5 aliphatic heterocycles. The van der Waals surface area contributed by atoms with Gasteiger partial charge >= 0.3 is 71.6 Å². The van der Waals surface area contributed by atoms with Gasteiger partial charge in [-0.05, 0) is 68.1 Å². The molecule has 12 N–H and O–H groups in total. The zero-order valence-electron chi connectivity index (χ0n) is 58.8. The molecule has 0 radical (unpaired) electrons. The topological polar surface area (TPSA) is 460 Å². The van der Waals surface area contributed by atoms with E-state index in [1.165, 1.54) is 13.8 Å². The maximum Gasteiger partial charge on any atom is 0.318 e. The first-order chi connectivity index (χ1) is 45.8. The first-order valence-corrected chi connectivity index (χ1v) is 34.9. The molecule has 19 atom stereocenters. The van der Waals surface area contributed by atoms with E-state index in [1.807, 2.05) is 32.6 Å². The zero-order chi connectivity index (χ0) is 73.1. The summed E-state index contributed by atoms with van der Waals surface area (Å²) < 4.78 is 23.9. The summed E-state index contributed by atoms with van der Waals surface area (Å²) in [5.41, 5.74) is 22.1. The van der Waals surface area contributed by atoms with Crippen LogP contribution >= 0.6 is 0 Å². The van der Waals surface area contributed by atoms with Crippen molar-refractivity contribution in [2.24, 2.45) is 135 Å². The molecular weight excluding hydrogens is 1260 g/mol. The van der Waals surface area contributed by atoms with Gasteiger partial charge in [0, 0.05) is 84.5 Å². The summed E-state index contributed by atoms with van der Waals surface area (Å²) in [6.07, 6.45) is 6.54. The smallest absolute Gasteiger partial charge is 0.318 e. The maximum atomic E-state index is 14.3. The van der Waals surface area contributed by atoms with E-state index in [2.05, 4.69) is 27.2 Å². The number of hydrogen-bond acceptors (Lipinski definition) is 25. The molecule has 5 rings (SSSR count). The molecule has 5 aliphatic rings. The van der Waals surface area contributed by atoms with E-state index in [4.69, 9.17) is 41.9 Å². The van der Waals surface area contributed by atoms with Crippen LogP contribution in [0.15, 0.2) is 0 Å². The number of hydrogen-bond donors (Lipinski definition) is 8. The van der Waals surface area contributed by atoms with Gasteiger partial charge in [-0.25, -0.2) is 0 Å². The third kappa shape index (κ3) is 23.8. The van der Waals surface area contributed by atoms with Crippen LogP contribution in [0.3, 0.4) is 0 Å². The molecule has 5 fully saturated rings. The molecule has 0 aliphatic carbocycles. The van der Waals surface area contributed by atoms with Gasteiger partial charge in [0.1, 0.15) is 0 Å². The van der Waals surface area contributed by atoms with Crippen molar-refractivity contribution in [2.75, 3.05) is 78.5 Å². The Morgan fingerprint density at radius 1 is 0.443 bits per heavy atom. The highest BCUT2D eigenvalue weighted by Crippen LogP contribution is 2.42. The van der Waals surface area contributed by atoms with Crippen molar-refractivity contribution in [1.82, 2.24) is 20.4 Å². The minimum Gasteiger partial charge on any atom is -0.481 e. The Morgan fingerprint density at radius 2 is 0.814 bits per heavy atom. The Kier molecular flexibility index (Phi) is 36.3. The van der Waals surface area contributed by atoms with E-state index in [0.717, 1.165) is 38.9 Å². The molecule has 19 unspecified atom stereocenters.